The van der Waals surface area contributed by atoms with Crippen molar-refractivity contribution in [2.75, 3.05) is 19.6 Å². The van der Waals surface area contributed by atoms with E-state index in [9.17, 15) is 33.6 Å². The first-order valence-electron chi connectivity index (χ1n) is 23.1. The number of H-pyrrole nitrogens is 1. The molecule has 6 atom stereocenters. The molecule has 18 heteroatoms. The minimum absolute atomic E-state index is 0.0645. The molecule has 6 rings (SSSR count). The van der Waals surface area contributed by atoms with E-state index in [1.807, 2.05) is 54.6 Å². The third kappa shape index (κ3) is 13.8. The SMILES string of the molecule is CC(=O)N[C@@H](Cc1ccccc1)C(=O)N[C@H]1CCNC(=O)C(CCCCN=C(N)N)NC(=O)C(Cc2c[nH]c3ccccc23)NC(=O)[C@@H](CC2CCCCC2)NC(=O)C2CCCN2C1=O. The van der Waals surface area contributed by atoms with E-state index in [4.69, 9.17) is 11.5 Å². The molecule has 2 saturated heterocycles. The van der Waals surface area contributed by atoms with Crippen LogP contribution in [0.2, 0.25) is 0 Å². The third-order valence-corrected chi connectivity index (χ3v) is 12.6. The molecule has 1 aliphatic carbocycles. The molecule has 11 N–H and O–H groups in total. The van der Waals surface area contributed by atoms with Gasteiger partial charge in [0.1, 0.15) is 36.3 Å². The molecule has 0 radical (unpaired) electrons. The summed E-state index contributed by atoms with van der Waals surface area (Å²) in [6.45, 7) is 1.74. The molecule has 1 aromatic heterocycles. The number of nitrogens with two attached hydrogens (primary N) is 2. The van der Waals surface area contributed by atoms with E-state index >= 15 is 0 Å². The van der Waals surface area contributed by atoms with Crippen LogP contribution in [0.5, 0.6) is 0 Å². The molecule has 3 unspecified atom stereocenters. The average Bonchev–Trinajstić information content (AvgIpc) is 3.95. The van der Waals surface area contributed by atoms with E-state index < -0.39 is 77.6 Å². The predicted octanol–water partition coefficient (Wildman–Crippen LogP) is 1.32. The summed E-state index contributed by atoms with van der Waals surface area (Å²) in [5, 5.41) is 18.1. The number of rotatable bonds is 14. The quantitative estimate of drug-likeness (QED) is 0.0641. The standard InChI is InChI=1S/C47H65N11O7/c1-29(59)53-37(25-30-13-4-2-5-14-30)42(61)55-36-21-23-50-41(60)35(19-10-11-22-51-47(48)49)54-44(63)39(27-32-28-52-34-18-9-8-17-33(32)34)56-43(62)38(26-31-15-6-3-7-16-31)57-45(64)40-20-12-24-58(40)46(36)65/h2,4-5,8-9,13-14,17-18,28,31,35-40,52H,3,6-7,10-12,15-16,19-27H2,1H3,(H,50,60)(H,53,59)(H,54,63)(H,55,61)(H,56,62)(H,57,64)(H4,48,49,51)/t35?,36-,37-,38+,39?,40?/m0/s1. The summed E-state index contributed by atoms with van der Waals surface area (Å²) in [5.74, 6) is -3.69. The number of aromatic amines is 1. The molecule has 65 heavy (non-hydrogen) atoms. The first-order valence-corrected chi connectivity index (χ1v) is 23.1. The lowest BCUT2D eigenvalue weighted by atomic mass is 9.84. The van der Waals surface area contributed by atoms with Crippen molar-refractivity contribution in [2.24, 2.45) is 22.4 Å². The molecule has 3 aliphatic rings. The number of hydrogen-bond acceptors (Lipinski definition) is 8. The number of aliphatic imine (C=N–C) groups is 1. The molecule has 3 aromatic rings. The van der Waals surface area contributed by atoms with Gasteiger partial charge in [-0.25, -0.2) is 0 Å². The van der Waals surface area contributed by atoms with Crippen molar-refractivity contribution in [3.05, 3.63) is 71.9 Å². The van der Waals surface area contributed by atoms with Crippen molar-refractivity contribution in [2.45, 2.75) is 133 Å². The van der Waals surface area contributed by atoms with E-state index in [1.54, 1.807) is 6.20 Å². The summed E-state index contributed by atoms with van der Waals surface area (Å²) in [4.78, 5) is 107. The molecule has 3 fully saturated rings. The molecule has 350 valence electrons. The molecular formula is C47H65N11O7. The Hall–Kier alpha value is -6.46. The molecule has 0 bridgehead atoms. The number of fused-ring (bicyclic) bond motifs is 2. The smallest absolute Gasteiger partial charge is 0.245 e. The number of carbonyl (C=O) groups excluding carboxylic acids is 7. The Morgan fingerprint density at radius 3 is 2.26 bits per heavy atom. The normalized spacial score (nSPS) is 23.2. The summed E-state index contributed by atoms with van der Waals surface area (Å²) in [6.07, 6.45) is 9.13. The number of hydrogen-bond donors (Lipinski definition) is 9. The number of benzene rings is 2. The van der Waals surface area contributed by atoms with Gasteiger partial charge in [0.2, 0.25) is 41.4 Å². The Kier molecular flexibility index (Phi) is 17.3. The fraction of sp³-hybridized carbons (Fsp3) is 0.532. The zero-order chi connectivity index (χ0) is 46.3. The van der Waals surface area contributed by atoms with Crippen LogP contribution in [0.3, 0.4) is 0 Å². The van der Waals surface area contributed by atoms with Crippen LogP contribution in [0.15, 0.2) is 65.8 Å². The Morgan fingerprint density at radius 2 is 1.51 bits per heavy atom. The number of carbonyl (C=O) groups is 7. The fourth-order valence-electron chi connectivity index (χ4n) is 9.27. The van der Waals surface area contributed by atoms with Gasteiger partial charge in [0.15, 0.2) is 5.96 Å². The van der Waals surface area contributed by atoms with Crippen LogP contribution in [-0.2, 0) is 46.4 Å². The summed E-state index contributed by atoms with van der Waals surface area (Å²) < 4.78 is 0. The van der Waals surface area contributed by atoms with E-state index in [-0.39, 0.29) is 50.7 Å². The lowest BCUT2D eigenvalue weighted by molar-refractivity contribution is -0.142. The minimum atomic E-state index is -1.21. The van der Waals surface area contributed by atoms with Gasteiger partial charge in [-0.2, -0.15) is 0 Å². The van der Waals surface area contributed by atoms with Gasteiger partial charge in [0.05, 0.1) is 0 Å². The number of nitrogens with one attached hydrogen (secondary N) is 7. The number of aromatic nitrogens is 1. The van der Waals surface area contributed by atoms with Crippen LogP contribution in [0.4, 0.5) is 0 Å². The van der Waals surface area contributed by atoms with Crippen LogP contribution in [0.25, 0.3) is 10.9 Å². The second-order valence-electron chi connectivity index (χ2n) is 17.6. The van der Waals surface area contributed by atoms with Crippen molar-refractivity contribution in [1.82, 2.24) is 41.8 Å². The molecular weight excluding hydrogens is 831 g/mol. The molecule has 1 saturated carbocycles. The number of nitrogens with zero attached hydrogens (tertiary/aromatic N) is 2. The summed E-state index contributed by atoms with van der Waals surface area (Å²) in [7, 11) is 0. The van der Waals surface area contributed by atoms with Gasteiger partial charge in [-0.15, -0.1) is 0 Å². The average molecular weight is 896 g/mol. The second kappa shape index (κ2) is 23.5. The lowest BCUT2D eigenvalue weighted by Gasteiger charge is -2.32. The summed E-state index contributed by atoms with van der Waals surface area (Å²) >= 11 is 0. The van der Waals surface area contributed by atoms with Gasteiger partial charge < -0.3 is 53.3 Å². The molecule has 3 heterocycles. The Bertz CT molecular complexity index is 2170. The number of guanidine groups is 1. The van der Waals surface area contributed by atoms with Crippen molar-refractivity contribution >= 4 is 58.2 Å². The zero-order valence-electron chi connectivity index (χ0n) is 37.2. The van der Waals surface area contributed by atoms with Gasteiger partial charge in [0, 0.05) is 56.5 Å². The van der Waals surface area contributed by atoms with E-state index in [0.717, 1.165) is 54.1 Å². The minimum Gasteiger partial charge on any atom is -0.370 e. The van der Waals surface area contributed by atoms with Gasteiger partial charge in [-0.05, 0) is 68.1 Å². The zero-order valence-corrected chi connectivity index (χ0v) is 37.2. The third-order valence-electron chi connectivity index (χ3n) is 12.6. The van der Waals surface area contributed by atoms with E-state index in [2.05, 4.69) is 41.9 Å². The highest BCUT2D eigenvalue weighted by molar-refractivity contribution is 5.98. The van der Waals surface area contributed by atoms with Gasteiger partial charge in [0.25, 0.3) is 0 Å². The van der Waals surface area contributed by atoms with Gasteiger partial charge in [-0.1, -0.05) is 80.6 Å². The van der Waals surface area contributed by atoms with Crippen LogP contribution >= 0.6 is 0 Å². The van der Waals surface area contributed by atoms with Gasteiger partial charge >= 0.3 is 0 Å². The summed E-state index contributed by atoms with van der Waals surface area (Å²) in [6, 6.07) is 10.3. The summed E-state index contributed by atoms with van der Waals surface area (Å²) in [5.41, 5.74) is 13.5. The Morgan fingerprint density at radius 1 is 0.800 bits per heavy atom. The fourth-order valence-corrected chi connectivity index (χ4v) is 9.27. The number of para-hydroxylation sites is 1. The largest absolute Gasteiger partial charge is 0.370 e. The molecule has 0 spiro atoms. The maximum atomic E-state index is 14.6. The van der Waals surface area contributed by atoms with Crippen LogP contribution in [-0.4, -0.2) is 113 Å². The first-order chi connectivity index (χ1) is 31.4. The lowest BCUT2D eigenvalue weighted by Crippen LogP contribution is -2.59. The highest BCUT2D eigenvalue weighted by Gasteiger charge is 2.41. The molecule has 2 aromatic carbocycles. The van der Waals surface area contributed by atoms with Gasteiger partial charge in [-0.3, -0.25) is 38.6 Å². The van der Waals surface area contributed by atoms with E-state index in [1.165, 1.54) is 11.8 Å². The van der Waals surface area contributed by atoms with Crippen molar-refractivity contribution in [3.63, 3.8) is 0 Å². The highest BCUT2D eigenvalue weighted by Crippen LogP contribution is 2.28. The second-order valence-corrected chi connectivity index (χ2v) is 17.6. The molecule has 2 aliphatic heterocycles. The Labute approximate surface area is 379 Å². The van der Waals surface area contributed by atoms with Crippen molar-refractivity contribution in [1.29, 1.82) is 0 Å². The maximum Gasteiger partial charge on any atom is 0.245 e. The highest BCUT2D eigenvalue weighted by atomic mass is 16.2. The van der Waals surface area contributed by atoms with Crippen LogP contribution in [0.1, 0.15) is 95.1 Å². The number of amides is 7. The van der Waals surface area contributed by atoms with E-state index in [0.29, 0.717) is 38.6 Å². The first kappa shape index (κ1) is 48.0. The maximum absolute atomic E-state index is 14.6. The Balaban J connectivity index is 1.33. The molecule has 7 amide bonds. The topological polar surface area (TPSA) is 275 Å². The van der Waals surface area contributed by atoms with Crippen molar-refractivity contribution < 1.29 is 33.6 Å². The number of unbranched alkanes of at least 4 members (excludes halogenated alkanes) is 1. The van der Waals surface area contributed by atoms with Crippen molar-refractivity contribution in [3.8, 4) is 0 Å². The predicted molar refractivity (Wildman–Crippen MR) is 246 cm³/mol. The van der Waals surface area contributed by atoms with Crippen LogP contribution in [0, 0.1) is 5.92 Å². The molecule has 18 nitrogen and oxygen atoms in total. The monoisotopic (exact) mass is 896 g/mol. The van der Waals surface area contributed by atoms with Crippen LogP contribution < -0.4 is 43.4 Å².